The summed E-state index contributed by atoms with van der Waals surface area (Å²) in [5.74, 6) is -1.42. The van der Waals surface area contributed by atoms with Gasteiger partial charge >= 0.3 is 0 Å². The Morgan fingerprint density at radius 2 is 1.97 bits per heavy atom. The van der Waals surface area contributed by atoms with Crippen LogP contribution < -0.4 is 10.6 Å². The van der Waals surface area contributed by atoms with E-state index in [0.717, 1.165) is 24.2 Å². The number of carbonyl (C=O) groups is 3. The molecule has 0 radical (unpaired) electrons. The molecule has 3 amide bonds. The Kier molecular flexibility index (Phi) is 6.32. The molecule has 2 N–H and O–H groups in total. The highest BCUT2D eigenvalue weighted by atomic mass is 32.2. The van der Waals surface area contributed by atoms with E-state index in [9.17, 15) is 22.8 Å². The molecule has 3 atom stereocenters. The van der Waals surface area contributed by atoms with E-state index >= 15 is 0 Å². The van der Waals surface area contributed by atoms with Crippen LogP contribution in [-0.2, 0) is 24.2 Å². The molecule has 0 bridgehead atoms. The normalized spacial score (nSPS) is 27.7. The van der Waals surface area contributed by atoms with Gasteiger partial charge in [-0.05, 0) is 51.9 Å². The van der Waals surface area contributed by atoms with Crippen molar-refractivity contribution in [2.75, 3.05) is 6.54 Å². The van der Waals surface area contributed by atoms with Crippen LogP contribution in [0, 0.1) is 5.92 Å². The Bertz CT molecular complexity index is 862. The molecule has 0 spiro atoms. The summed E-state index contributed by atoms with van der Waals surface area (Å²) in [6, 6.07) is -1.93. The molecule has 2 aliphatic heterocycles. The van der Waals surface area contributed by atoms with Crippen LogP contribution >= 0.6 is 0 Å². The van der Waals surface area contributed by atoms with Crippen LogP contribution in [0.3, 0.4) is 0 Å². The predicted molar refractivity (Wildman–Crippen MR) is 113 cm³/mol. The van der Waals surface area contributed by atoms with E-state index in [4.69, 9.17) is 0 Å². The van der Waals surface area contributed by atoms with Crippen LogP contribution in [-0.4, -0.2) is 59.8 Å². The first-order chi connectivity index (χ1) is 14.0. The summed E-state index contributed by atoms with van der Waals surface area (Å²) in [5, 5.41) is 4.68. The van der Waals surface area contributed by atoms with Crippen LogP contribution in [0.2, 0.25) is 0 Å². The van der Waals surface area contributed by atoms with Gasteiger partial charge in [0.15, 0.2) is 9.84 Å². The van der Waals surface area contributed by atoms with Gasteiger partial charge in [0.25, 0.3) is 0 Å². The van der Waals surface area contributed by atoms with Gasteiger partial charge in [-0.3, -0.25) is 14.4 Å². The second kappa shape index (κ2) is 8.32. The summed E-state index contributed by atoms with van der Waals surface area (Å²) in [4.78, 5) is 39.0. The lowest BCUT2D eigenvalue weighted by Crippen LogP contribution is -2.62. The number of fused-ring (bicyclic) bond motifs is 1. The van der Waals surface area contributed by atoms with E-state index in [2.05, 4.69) is 16.7 Å². The highest BCUT2D eigenvalue weighted by Crippen LogP contribution is 2.45. The number of nitrogens with one attached hydrogen (secondary N) is 2. The van der Waals surface area contributed by atoms with Crippen LogP contribution in [0.5, 0.6) is 0 Å². The fourth-order valence-corrected chi connectivity index (χ4v) is 6.74. The zero-order valence-electron chi connectivity index (χ0n) is 18.2. The molecular formula is C21H33N3O5S. The Balaban J connectivity index is 1.65. The smallest absolute Gasteiger partial charge is 0.245 e. The molecule has 30 heavy (non-hydrogen) atoms. The molecule has 3 unspecified atom stereocenters. The molecule has 0 aromatic heterocycles. The monoisotopic (exact) mass is 439 g/mol. The second-order valence-electron chi connectivity index (χ2n) is 9.39. The highest BCUT2D eigenvalue weighted by molar-refractivity contribution is 7.93. The van der Waals surface area contributed by atoms with Crippen LogP contribution in [0.15, 0.2) is 11.6 Å². The number of hydrogen-bond acceptors (Lipinski definition) is 5. The summed E-state index contributed by atoms with van der Waals surface area (Å²) in [7, 11) is -3.66. The van der Waals surface area contributed by atoms with Crippen molar-refractivity contribution in [1.29, 1.82) is 0 Å². The van der Waals surface area contributed by atoms with E-state index in [1.54, 1.807) is 0 Å². The summed E-state index contributed by atoms with van der Waals surface area (Å²) in [6.45, 7) is 7.09. The fraction of sp³-hybridized carbons (Fsp3) is 0.762. The molecule has 9 heteroatoms. The Morgan fingerprint density at radius 3 is 2.53 bits per heavy atom. The second-order valence-corrected chi connectivity index (χ2v) is 12.1. The lowest BCUT2D eigenvalue weighted by atomic mass is 9.95. The quantitative estimate of drug-likeness (QED) is 0.458. The summed E-state index contributed by atoms with van der Waals surface area (Å²) in [6.07, 6.45) is 7.49. The Morgan fingerprint density at radius 1 is 1.27 bits per heavy atom. The standard InChI is InChI=1S/C21H33N3O5S/c1-13(2)17(19(26)22-11-10-14-8-6-5-7-9-14)23-20(27)18-21(3,4)30(28,29)16-12-15(25)24(16)18/h8,13,16-18H,5-7,9-12H2,1-4H3,(H,22,26)(H,23,27). The van der Waals surface area contributed by atoms with Crippen molar-refractivity contribution in [2.45, 2.75) is 88.4 Å². The third-order valence-electron chi connectivity index (χ3n) is 6.60. The lowest BCUT2D eigenvalue weighted by Gasteiger charge is -2.37. The van der Waals surface area contributed by atoms with Crippen molar-refractivity contribution < 1.29 is 22.8 Å². The third kappa shape index (κ3) is 3.88. The zero-order valence-corrected chi connectivity index (χ0v) is 19.0. The SMILES string of the molecule is CC(C)C(NC(=O)C1N2C(=O)CC2S(=O)(=O)C1(C)C)C(=O)NCCC1=CCCCC1. The number of carbonyl (C=O) groups excluding carboxylic acids is 3. The van der Waals surface area contributed by atoms with Crippen molar-refractivity contribution in [3.8, 4) is 0 Å². The Labute approximate surface area is 178 Å². The van der Waals surface area contributed by atoms with Crippen molar-refractivity contribution in [3.63, 3.8) is 0 Å². The van der Waals surface area contributed by atoms with Crippen LogP contribution in [0.1, 0.15) is 66.2 Å². The van der Waals surface area contributed by atoms with Gasteiger partial charge in [-0.2, -0.15) is 0 Å². The van der Waals surface area contributed by atoms with E-state index < -0.39 is 37.9 Å². The molecule has 3 rings (SSSR count). The van der Waals surface area contributed by atoms with Gasteiger partial charge in [0, 0.05) is 6.54 Å². The summed E-state index contributed by atoms with van der Waals surface area (Å²) < 4.78 is 24.0. The van der Waals surface area contributed by atoms with Gasteiger partial charge in [-0.25, -0.2) is 8.42 Å². The molecule has 2 fully saturated rings. The van der Waals surface area contributed by atoms with Crippen molar-refractivity contribution >= 4 is 27.6 Å². The number of β-lactam (4-membered cyclic amide) rings is 1. The predicted octanol–water partition coefficient (Wildman–Crippen LogP) is 1.27. The fourth-order valence-electron chi connectivity index (χ4n) is 4.61. The van der Waals surface area contributed by atoms with E-state index in [-0.39, 0.29) is 24.2 Å². The summed E-state index contributed by atoms with van der Waals surface area (Å²) in [5.41, 5.74) is 1.35. The molecule has 1 aliphatic carbocycles. The first kappa shape index (κ1) is 22.8. The van der Waals surface area contributed by atoms with Crippen molar-refractivity contribution in [3.05, 3.63) is 11.6 Å². The number of nitrogens with zero attached hydrogens (tertiary/aromatic N) is 1. The molecule has 0 saturated carbocycles. The van der Waals surface area contributed by atoms with Gasteiger partial charge in [0.1, 0.15) is 17.5 Å². The zero-order chi connectivity index (χ0) is 22.3. The van der Waals surface area contributed by atoms with Gasteiger partial charge in [0.05, 0.1) is 11.2 Å². The molecule has 0 aromatic rings. The van der Waals surface area contributed by atoms with Gasteiger partial charge in [0.2, 0.25) is 17.7 Å². The first-order valence-electron chi connectivity index (χ1n) is 10.8. The number of rotatable bonds is 7. The largest absolute Gasteiger partial charge is 0.354 e. The molecule has 0 aromatic carbocycles. The van der Waals surface area contributed by atoms with Crippen LogP contribution in [0.4, 0.5) is 0 Å². The number of sulfone groups is 1. The first-order valence-corrected chi connectivity index (χ1v) is 12.3. The molecule has 2 heterocycles. The minimum Gasteiger partial charge on any atom is -0.354 e. The molecule has 2 saturated heterocycles. The topological polar surface area (TPSA) is 113 Å². The highest BCUT2D eigenvalue weighted by Gasteiger charge is 2.67. The molecular weight excluding hydrogens is 406 g/mol. The Hall–Kier alpha value is -1.90. The summed E-state index contributed by atoms with van der Waals surface area (Å²) >= 11 is 0. The van der Waals surface area contributed by atoms with E-state index in [1.807, 2.05) is 13.8 Å². The minimum atomic E-state index is -3.66. The minimum absolute atomic E-state index is 0.0838. The molecule has 168 valence electrons. The number of allylic oxidation sites excluding steroid dienone is 1. The maximum atomic E-state index is 13.1. The van der Waals surface area contributed by atoms with Gasteiger partial charge < -0.3 is 15.5 Å². The molecule has 3 aliphatic rings. The average molecular weight is 440 g/mol. The van der Waals surface area contributed by atoms with Crippen LogP contribution in [0.25, 0.3) is 0 Å². The molecule has 8 nitrogen and oxygen atoms in total. The van der Waals surface area contributed by atoms with Gasteiger partial charge in [-0.1, -0.05) is 25.5 Å². The lowest BCUT2D eigenvalue weighted by molar-refractivity contribution is -0.150. The van der Waals surface area contributed by atoms with E-state index in [1.165, 1.54) is 32.3 Å². The number of hydrogen-bond donors (Lipinski definition) is 2. The van der Waals surface area contributed by atoms with E-state index in [0.29, 0.717) is 6.54 Å². The average Bonchev–Trinajstić information content (AvgIpc) is 2.80. The maximum Gasteiger partial charge on any atom is 0.245 e. The number of amides is 3. The van der Waals surface area contributed by atoms with Gasteiger partial charge in [-0.15, -0.1) is 0 Å². The van der Waals surface area contributed by atoms with Crippen molar-refractivity contribution in [2.24, 2.45) is 5.92 Å². The van der Waals surface area contributed by atoms with Crippen molar-refractivity contribution in [1.82, 2.24) is 15.5 Å². The third-order valence-corrected chi connectivity index (χ3v) is 9.40. The maximum absolute atomic E-state index is 13.1.